The van der Waals surface area contributed by atoms with E-state index in [0.29, 0.717) is 12.5 Å². The van der Waals surface area contributed by atoms with Crippen LogP contribution in [0.3, 0.4) is 0 Å². The van der Waals surface area contributed by atoms with Crippen molar-refractivity contribution in [2.75, 3.05) is 20.1 Å². The third kappa shape index (κ3) is 7.05. The molecule has 0 radical (unpaired) electrons. The van der Waals surface area contributed by atoms with Gasteiger partial charge in [-0.05, 0) is 18.1 Å². The van der Waals surface area contributed by atoms with Crippen molar-refractivity contribution in [3.63, 3.8) is 0 Å². The van der Waals surface area contributed by atoms with Gasteiger partial charge < -0.3 is 19.2 Å². The number of furan rings is 1. The van der Waals surface area contributed by atoms with Crippen molar-refractivity contribution in [1.82, 2.24) is 25.0 Å². The zero-order chi connectivity index (χ0) is 17.4. The van der Waals surface area contributed by atoms with Crippen molar-refractivity contribution < 1.29 is 4.42 Å². The molecule has 0 unspecified atom stereocenters. The summed E-state index contributed by atoms with van der Waals surface area (Å²) in [6, 6.07) is 3.88. The van der Waals surface area contributed by atoms with E-state index in [1.165, 1.54) is 0 Å². The van der Waals surface area contributed by atoms with Crippen LogP contribution in [0.4, 0.5) is 0 Å². The fraction of sp³-hybridized carbons (Fsp3) is 0.588. The van der Waals surface area contributed by atoms with E-state index >= 15 is 0 Å². The Kier molecular flexibility index (Phi) is 9.54. The molecule has 2 aromatic rings. The second-order valence-corrected chi connectivity index (χ2v) is 6.21. The van der Waals surface area contributed by atoms with E-state index in [4.69, 9.17) is 9.41 Å². The Labute approximate surface area is 166 Å². The summed E-state index contributed by atoms with van der Waals surface area (Å²) in [7, 11) is 2.02. The van der Waals surface area contributed by atoms with E-state index in [2.05, 4.69) is 45.8 Å². The van der Waals surface area contributed by atoms with Crippen molar-refractivity contribution in [3.8, 4) is 0 Å². The van der Waals surface area contributed by atoms with E-state index < -0.39 is 0 Å². The molecule has 0 amide bonds. The van der Waals surface area contributed by atoms with E-state index in [-0.39, 0.29) is 24.0 Å². The van der Waals surface area contributed by atoms with Crippen LogP contribution >= 0.6 is 24.0 Å². The van der Waals surface area contributed by atoms with Gasteiger partial charge in [0, 0.05) is 33.1 Å². The van der Waals surface area contributed by atoms with E-state index in [0.717, 1.165) is 43.6 Å². The largest absolute Gasteiger partial charge is 0.467 e. The number of halogens is 1. The smallest absolute Gasteiger partial charge is 0.194 e. The standard InChI is InChI=1S/C17H28N6O.HI/c1-5-16-21-20-13-23(16)9-8-18-17(19-11-14(2)3)22(4)12-15-7-6-10-24-15;/h6-7,10,13-14H,5,8-9,11-12H2,1-4H3,(H,18,19);1H. The van der Waals surface area contributed by atoms with Crippen LogP contribution in [0.1, 0.15) is 32.4 Å². The maximum atomic E-state index is 5.43. The Morgan fingerprint density at radius 2 is 2.24 bits per heavy atom. The van der Waals surface area contributed by atoms with Crippen molar-refractivity contribution in [2.24, 2.45) is 10.9 Å². The van der Waals surface area contributed by atoms with Gasteiger partial charge in [0.25, 0.3) is 0 Å². The van der Waals surface area contributed by atoms with Crippen LogP contribution in [0.15, 0.2) is 34.1 Å². The van der Waals surface area contributed by atoms with Gasteiger partial charge in [-0.2, -0.15) is 0 Å². The number of rotatable bonds is 8. The maximum absolute atomic E-state index is 5.43. The molecule has 0 spiro atoms. The van der Waals surface area contributed by atoms with Crippen LogP contribution < -0.4 is 5.32 Å². The molecule has 7 nitrogen and oxygen atoms in total. The molecule has 0 bridgehead atoms. The van der Waals surface area contributed by atoms with Gasteiger partial charge in [0.2, 0.25) is 0 Å². The summed E-state index contributed by atoms with van der Waals surface area (Å²) in [6.45, 7) is 9.47. The Morgan fingerprint density at radius 3 is 2.88 bits per heavy atom. The zero-order valence-electron chi connectivity index (χ0n) is 15.5. The molecule has 25 heavy (non-hydrogen) atoms. The predicted octanol–water partition coefficient (Wildman–Crippen LogP) is 2.79. The topological polar surface area (TPSA) is 71.5 Å². The molecule has 8 heteroatoms. The second-order valence-electron chi connectivity index (χ2n) is 6.21. The van der Waals surface area contributed by atoms with Crippen molar-refractivity contribution in [3.05, 3.63) is 36.3 Å². The van der Waals surface area contributed by atoms with Gasteiger partial charge in [0.15, 0.2) is 5.96 Å². The highest BCUT2D eigenvalue weighted by Gasteiger charge is 2.09. The molecule has 0 fully saturated rings. The lowest BCUT2D eigenvalue weighted by atomic mass is 10.2. The summed E-state index contributed by atoms with van der Waals surface area (Å²) in [5, 5.41) is 11.5. The first kappa shape index (κ1) is 21.5. The molecule has 0 aliphatic carbocycles. The van der Waals surface area contributed by atoms with Gasteiger partial charge >= 0.3 is 0 Å². The maximum Gasteiger partial charge on any atom is 0.194 e. The highest BCUT2D eigenvalue weighted by Crippen LogP contribution is 2.04. The number of nitrogens with one attached hydrogen (secondary N) is 1. The lowest BCUT2D eigenvalue weighted by molar-refractivity contribution is 0.397. The van der Waals surface area contributed by atoms with Crippen LogP contribution in [0.5, 0.6) is 0 Å². The molecule has 1 N–H and O–H groups in total. The van der Waals surface area contributed by atoms with E-state index in [1.807, 2.05) is 19.2 Å². The van der Waals surface area contributed by atoms with Crippen molar-refractivity contribution in [2.45, 2.75) is 40.3 Å². The Hall–Kier alpha value is -1.58. The number of nitrogens with zero attached hydrogens (tertiary/aromatic N) is 5. The van der Waals surface area contributed by atoms with Gasteiger partial charge in [-0.25, -0.2) is 0 Å². The fourth-order valence-corrected chi connectivity index (χ4v) is 2.32. The number of aliphatic imine (C=N–C) groups is 1. The average Bonchev–Trinajstić information content (AvgIpc) is 3.21. The van der Waals surface area contributed by atoms with Crippen LogP contribution in [0.25, 0.3) is 0 Å². The summed E-state index contributed by atoms with van der Waals surface area (Å²) >= 11 is 0. The lowest BCUT2D eigenvalue weighted by Crippen LogP contribution is -2.40. The normalized spacial score (nSPS) is 11.5. The van der Waals surface area contributed by atoms with Gasteiger partial charge in [-0.15, -0.1) is 34.2 Å². The lowest BCUT2D eigenvalue weighted by Gasteiger charge is -2.22. The zero-order valence-corrected chi connectivity index (χ0v) is 17.8. The number of aromatic nitrogens is 3. The molecule has 0 saturated carbocycles. The summed E-state index contributed by atoms with van der Waals surface area (Å²) in [5.74, 6) is 3.32. The minimum atomic E-state index is 0. The quantitative estimate of drug-likeness (QED) is 0.373. The number of hydrogen-bond donors (Lipinski definition) is 1. The molecule has 2 heterocycles. The number of hydrogen-bond acceptors (Lipinski definition) is 4. The van der Waals surface area contributed by atoms with Gasteiger partial charge in [0.05, 0.1) is 12.8 Å². The molecule has 140 valence electrons. The molecule has 2 aromatic heterocycles. The summed E-state index contributed by atoms with van der Waals surface area (Å²) in [5.41, 5.74) is 0. The van der Waals surface area contributed by atoms with Crippen LogP contribution in [0.2, 0.25) is 0 Å². The summed E-state index contributed by atoms with van der Waals surface area (Å²) < 4.78 is 7.50. The first-order valence-electron chi connectivity index (χ1n) is 8.48. The summed E-state index contributed by atoms with van der Waals surface area (Å²) in [6.07, 6.45) is 4.35. The van der Waals surface area contributed by atoms with Crippen molar-refractivity contribution in [1.29, 1.82) is 0 Å². The van der Waals surface area contributed by atoms with Crippen LogP contribution in [0, 0.1) is 5.92 Å². The minimum Gasteiger partial charge on any atom is -0.467 e. The number of guanidine groups is 1. The van der Waals surface area contributed by atoms with Gasteiger partial charge in [0.1, 0.15) is 17.9 Å². The third-order valence-electron chi connectivity index (χ3n) is 3.59. The molecule has 2 rings (SSSR count). The molecule has 0 aliphatic rings. The van der Waals surface area contributed by atoms with E-state index in [9.17, 15) is 0 Å². The highest BCUT2D eigenvalue weighted by molar-refractivity contribution is 14.0. The Balaban J connectivity index is 0.00000312. The average molecular weight is 460 g/mol. The first-order chi connectivity index (χ1) is 11.6. The minimum absolute atomic E-state index is 0. The molecular weight excluding hydrogens is 431 g/mol. The van der Waals surface area contributed by atoms with Crippen LogP contribution in [-0.2, 0) is 19.5 Å². The first-order valence-corrected chi connectivity index (χ1v) is 8.48. The van der Waals surface area contributed by atoms with Gasteiger partial charge in [-0.1, -0.05) is 20.8 Å². The third-order valence-corrected chi connectivity index (χ3v) is 3.59. The highest BCUT2D eigenvalue weighted by atomic mass is 127. The fourth-order valence-electron chi connectivity index (χ4n) is 2.32. The SMILES string of the molecule is CCc1nncn1CCNC(=NCC(C)C)N(C)Cc1ccco1.I. The van der Waals surface area contributed by atoms with Gasteiger partial charge in [-0.3, -0.25) is 4.99 Å². The predicted molar refractivity (Wildman–Crippen MR) is 110 cm³/mol. The molecular formula is C17H29IN6O. The molecule has 0 aromatic carbocycles. The van der Waals surface area contributed by atoms with E-state index in [1.54, 1.807) is 12.6 Å². The van der Waals surface area contributed by atoms with Crippen LogP contribution in [-0.4, -0.2) is 45.8 Å². The Bertz CT molecular complexity index is 623. The number of aryl methyl sites for hydroxylation is 1. The summed E-state index contributed by atoms with van der Waals surface area (Å²) in [4.78, 5) is 6.79. The Morgan fingerprint density at radius 1 is 1.44 bits per heavy atom. The molecule has 0 atom stereocenters. The molecule has 0 saturated heterocycles. The molecule has 0 aliphatic heterocycles. The monoisotopic (exact) mass is 460 g/mol. The van der Waals surface area contributed by atoms with Crippen molar-refractivity contribution >= 4 is 29.9 Å². The second kappa shape index (κ2) is 11.1.